The van der Waals surface area contributed by atoms with Gasteiger partial charge in [-0.25, -0.2) is 4.39 Å². The molecule has 2 bridgehead atoms. The molecule has 4 rings (SSSR count). The monoisotopic (exact) mass is 368 g/mol. The zero-order valence-corrected chi connectivity index (χ0v) is 16.0. The molecule has 142 valence electrons. The van der Waals surface area contributed by atoms with E-state index < -0.39 is 5.82 Å². The van der Waals surface area contributed by atoms with Gasteiger partial charge in [0, 0.05) is 23.8 Å². The Bertz CT molecular complexity index is 1020. The minimum atomic E-state index is -0.439. The fourth-order valence-corrected chi connectivity index (χ4v) is 5.51. The Hall–Kier alpha value is -2.43. The first kappa shape index (κ1) is 18.0. The third-order valence-electron chi connectivity index (χ3n) is 6.98. The topological polar surface area (TPSA) is 51.1 Å². The molecule has 2 aliphatic rings. The minimum absolute atomic E-state index is 0.0000935. The molecule has 1 heterocycles. The lowest BCUT2D eigenvalue weighted by Gasteiger charge is -2.43. The lowest BCUT2D eigenvalue weighted by atomic mass is 9.68. The van der Waals surface area contributed by atoms with Crippen molar-refractivity contribution in [1.29, 1.82) is 0 Å². The van der Waals surface area contributed by atoms with E-state index in [0.717, 1.165) is 12.8 Å². The van der Waals surface area contributed by atoms with E-state index in [9.17, 15) is 14.0 Å². The van der Waals surface area contributed by atoms with Crippen LogP contribution in [-0.4, -0.2) is 16.5 Å². The minimum Gasteiger partial charge on any atom is -0.348 e. The molecule has 0 spiro atoms. The Kier molecular flexibility index (Phi) is 3.85. The quantitative estimate of drug-likeness (QED) is 0.883. The van der Waals surface area contributed by atoms with Gasteiger partial charge in [0.15, 0.2) is 0 Å². The molecule has 2 aliphatic carbocycles. The van der Waals surface area contributed by atoms with Crippen LogP contribution in [0.3, 0.4) is 0 Å². The Morgan fingerprint density at radius 2 is 2.11 bits per heavy atom. The van der Waals surface area contributed by atoms with Crippen molar-refractivity contribution in [3.8, 4) is 0 Å². The van der Waals surface area contributed by atoms with Crippen LogP contribution in [0.25, 0.3) is 17.1 Å². The van der Waals surface area contributed by atoms with Crippen LogP contribution >= 0.6 is 0 Å². The first-order valence-electron chi connectivity index (χ1n) is 9.45. The molecule has 27 heavy (non-hydrogen) atoms. The van der Waals surface area contributed by atoms with Crippen molar-refractivity contribution in [2.45, 2.75) is 46.1 Å². The number of rotatable bonds is 3. The van der Waals surface area contributed by atoms with Crippen molar-refractivity contribution >= 4 is 23.0 Å². The lowest BCUT2D eigenvalue weighted by Crippen LogP contribution is -2.53. The van der Waals surface area contributed by atoms with Gasteiger partial charge in [-0.2, -0.15) is 0 Å². The summed E-state index contributed by atoms with van der Waals surface area (Å²) < 4.78 is 15.1. The molecule has 1 aromatic heterocycles. The number of nitrogens with one attached hydrogen (secondary N) is 1. The summed E-state index contributed by atoms with van der Waals surface area (Å²) in [5.41, 5.74) is 0.156. The molecule has 0 saturated heterocycles. The van der Waals surface area contributed by atoms with Crippen molar-refractivity contribution in [3.63, 3.8) is 0 Å². The van der Waals surface area contributed by atoms with E-state index in [1.54, 1.807) is 0 Å². The molecular weight excluding hydrogens is 343 g/mol. The van der Waals surface area contributed by atoms with Gasteiger partial charge < -0.3 is 9.88 Å². The number of hydrogen-bond acceptors (Lipinski definition) is 2. The van der Waals surface area contributed by atoms with Crippen LogP contribution < -0.4 is 10.7 Å². The van der Waals surface area contributed by atoms with Gasteiger partial charge in [0.1, 0.15) is 11.4 Å². The predicted octanol–water partition coefficient (Wildman–Crippen LogP) is 4.19. The van der Waals surface area contributed by atoms with E-state index in [-0.39, 0.29) is 33.8 Å². The first-order chi connectivity index (χ1) is 12.7. The van der Waals surface area contributed by atoms with Crippen LogP contribution in [0, 0.1) is 22.6 Å². The molecule has 5 heteroatoms. The number of aromatic nitrogens is 1. The standard InChI is InChI=1S/C22H25FN2O2/c1-5-25-12-16(18(26)15-7-6-14(23)10-17(15)25)19(27)24-20-21(2,3)13-8-9-22(20,4)11-13/h5-7,10,12-13,20H,1,8-9,11H2,2-4H3,(H,24,27)/t13?,20-,22-/m1/s1. The lowest BCUT2D eigenvalue weighted by molar-refractivity contribution is 0.0736. The second kappa shape index (κ2) is 5.78. The summed E-state index contributed by atoms with van der Waals surface area (Å²) in [6.07, 6.45) is 6.33. The number of carbonyl (C=O) groups is 1. The normalized spacial score (nSPS) is 28.4. The van der Waals surface area contributed by atoms with Gasteiger partial charge in [-0.15, -0.1) is 0 Å². The number of pyridine rings is 1. The zero-order valence-electron chi connectivity index (χ0n) is 16.0. The maximum atomic E-state index is 13.6. The van der Waals surface area contributed by atoms with E-state index in [4.69, 9.17) is 0 Å². The summed E-state index contributed by atoms with van der Waals surface area (Å²) in [7, 11) is 0. The molecule has 0 radical (unpaired) electrons. The summed E-state index contributed by atoms with van der Waals surface area (Å²) in [6, 6.07) is 3.96. The van der Waals surface area contributed by atoms with Gasteiger partial charge in [0.05, 0.1) is 5.52 Å². The number of carbonyl (C=O) groups excluding carboxylic acids is 1. The molecule has 0 aliphatic heterocycles. The van der Waals surface area contributed by atoms with E-state index in [1.807, 2.05) is 0 Å². The SMILES string of the molecule is C=Cn1cc(C(=O)N[C@@H]2C(C)(C)C3CC[C@]2(C)C3)c(=O)c2ccc(F)cc21. The predicted molar refractivity (Wildman–Crippen MR) is 105 cm³/mol. The van der Waals surface area contributed by atoms with Crippen molar-refractivity contribution in [2.75, 3.05) is 0 Å². The van der Waals surface area contributed by atoms with Gasteiger partial charge in [-0.05, 0) is 54.2 Å². The molecule has 2 saturated carbocycles. The highest BCUT2D eigenvalue weighted by molar-refractivity contribution is 5.98. The molecule has 2 aromatic rings. The fourth-order valence-electron chi connectivity index (χ4n) is 5.51. The van der Waals surface area contributed by atoms with Gasteiger partial charge in [0.2, 0.25) is 5.43 Å². The van der Waals surface area contributed by atoms with E-state index >= 15 is 0 Å². The van der Waals surface area contributed by atoms with Crippen molar-refractivity contribution in [3.05, 3.63) is 52.6 Å². The summed E-state index contributed by atoms with van der Waals surface area (Å²) in [5, 5.41) is 3.47. The third kappa shape index (κ3) is 2.55. The highest BCUT2D eigenvalue weighted by Gasteiger charge is 2.59. The number of nitrogens with zero attached hydrogens (tertiary/aromatic N) is 1. The maximum Gasteiger partial charge on any atom is 0.257 e. The number of fused-ring (bicyclic) bond motifs is 3. The Morgan fingerprint density at radius 1 is 1.37 bits per heavy atom. The van der Waals surface area contributed by atoms with Crippen molar-refractivity contribution in [2.24, 2.45) is 16.7 Å². The van der Waals surface area contributed by atoms with Crippen LogP contribution in [0.1, 0.15) is 50.4 Å². The van der Waals surface area contributed by atoms with E-state index in [1.165, 1.54) is 41.6 Å². The molecule has 1 unspecified atom stereocenters. The largest absolute Gasteiger partial charge is 0.348 e. The number of halogens is 1. The summed E-state index contributed by atoms with van der Waals surface area (Å²) >= 11 is 0. The van der Waals surface area contributed by atoms with Gasteiger partial charge in [0.25, 0.3) is 5.91 Å². The molecule has 1 amide bonds. The molecule has 1 aromatic carbocycles. The number of hydrogen-bond donors (Lipinski definition) is 1. The van der Waals surface area contributed by atoms with Crippen LogP contribution in [0.4, 0.5) is 4.39 Å². The zero-order chi connectivity index (χ0) is 19.6. The second-order valence-electron chi connectivity index (χ2n) is 8.94. The van der Waals surface area contributed by atoms with Crippen LogP contribution in [0.15, 0.2) is 35.8 Å². The average molecular weight is 368 g/mol. The summed E-state index contributed by atoms with van der Waals surface area (Å²) in [5.74, 6) is -0.211. The average Bonchev–Trinajstić information content (AvgIpc) is 3.10. The number of benzene rings is 1. The second-order valence-corrected chi connectivity index (χ2v) is 8.94. The Labute approximate surface area is 158 Å². The van der Waals surface area contributed by atoms with Crippen molar-refractivity contribution in [1.82, 2.24) is 9.88 Å². The highest BCUT2D eigenvalue weighted by atomic mass is 19.1. The summed E-state index contributed by atoms with van der Waals surface area (Å²) in [4.78, 5) is 26.0. The fraction of sp³-hybridized carbons (Fsp3) is 0.455. The van der Waals surface area contributed by atoms with Crippen molar-refractivity contribution < 1.29 is 9.18 Å². The Balaban J connectivity index is 1.76. The Morgan fingerprint density at radius 3 is 2.74 bits per heavy atom. The smallest absolute Gasteiger partial charge is 0.257 e. The summed E-state index contributed by atoms with van der Waals surface area (Å²) in [6.45, 7) is 10.4. The van der Waals surface area contributed by atoms with Gasteiger partial charge in [-0.1, -0.05) is 27.4 Å². The molecule has 3 atom stereocenters. The van der Waals surface area contributed by atoms with Crippen LogP contribution in [-0.2, 0) is 0 Å². The van der Waals surface area contributed by atoms with Crippen LogP contribution in [0.5, 0.6) is 0 Å². The highest BCUT2D eigenvalue weighted by Crippen LogP contribution is 2.62. The molecule has 1 N–H and O–H groups in total. The van der Waals surface area contributed by atoms with Crippen LogP contribution in [0.2, 0.25) is 0 Å². The van der Waals surface area contributed by atoms with E-state index in [2.05, 4.69) is 32.7 Å². The maximum absolute atomic E-state index is 13.6. The third-order valence-corrected chi connectivity index (χ3v) is 6.98. The van der Waals surface area contributed by atoms with Gasteiger partial charge >= 0.3 is 0 Å². The van der Waals surface area contributed by atoms with Gasteiger partial charge in [-0.3, -0.25) is 9.59 Å². The number of amides is 1. The molecular formula is C22H25FN2O2. The molecule has 4 nitrogen and oxygen atoms in total. The first-order valence-corrected chi connectivity index (χ1v) is 9.45. The van der Waals surface area contributed by atoms with E-state index in [0.29, 0.717) is 16.8 Å². The molecule has 2 fully saturated rings.